The van der Waals surface area contributed by atoms with Crippen LogP contribution in [0, 0.1) is 13.8 Å². The van der Waals surface area contributed by atoms with E-state index in [0.717, 1.165) is 11.4 Å². The van der Waals surface area contributed by atoms with Crippen LogP contribution in [-0.2, 0) is 10.0 Å². The van der Waals surface area contributed by atoms with Crippen molar-refractivity contribution in [1.29, 1.82) is 0 Å². The van der Waals surface area contributed by atoms with Crippen LogP contribution in [0.25, 0.3) is 5.65 Å². The number of fused-ring (bicyclic) bond motifs is 1. The zero-order valence-electron chi connectivity index (χ0n) is 14.0. The van der Waals surface area contributed by atoms with Crippen molar-refractivity contribution < 1.29 is 13.2 Å². The van der Waals surface area contributed by atoms with Crippen molar-refractivity contribution >= 4 is 21.6 Å². The van der Waals surface area contributed by atoms with Gasteiger partial charge in [0.05, 0.1) is 11.9 Å². The quantitative estimate of drug-likeness (QED) is 0.868. The van der Waals surface area contributed by atoms with Gasteiger partial charge in [-0.2, -0.15) is 5.10 Å². The van der Waals surface area contributed by atoms with Gasteiger partial charge in [-0.1, -0.05) is 0 Å². The Morgan fingerprint density at radius 2 is 1.92 bits per heavy atom. The Kier molecular flexibility index (Phi) is 4.31. The van der Waals surface area contributed by atoms with Crippen LogP contribution >= 0.6 is 0 Å². The molecule has 2 aromatic rings. The summed E-state index contributed by atoms with van der Waals surface area (Å²) in [5.41, 5.74) is 2.68. The SMILES string of the molecule is Cc1cc2nc(C(=O)NC3CCN(S(C)(=O)=O)CC3)cc(C)n2n1. The molecule has 8 nitrogen and oxygen atoms in total. The van der Waals surface area contributed by atoms with Crippen molar-refractivity contribution in [3.05, 3.63) is 29.2 Å². The number of nitrogens with zero attached hydrogens (tertiary/aromatic N) is 4. The van der Waals surface area contributed by atoms with E-state index in [0.29, 0.717) is 37.3 Å². The van der Waals surface area contributed by atoms with Crippen LogP contribution in [0.3, 0.4) is 0 Å². The summed E-state index contributed by atoms with van der Waals surface area (Å²) in [6.45, 7) is 4.61. The molecule has 1 saturated heterocycles. The average Bonchev–Trinajstić information content (AvgIpc) is 2.88. The molecule has 1 aliphatic rings. The Morgan fingerprint density at radius 1 is 1.25 bits per heavy atom. The maximum absolute atomic E-state index is 12.5. The number of aryl methyl sites for hydroxylation is 2. The fourth-order valence-electron chi connectivity index (χ4n) is 2.95. The Labute approximate surface area is 140 Å². The molecule has 0 radical (unpaired) electrons. The van der Waals surface area contributed by atoms with Crippen LogP contribution < -0.4 is 5.32 Å². The number of hydrogen-bond acceptors (Lipinski definition) is 5. The Bertz CT molecular complexity index is 882. The molecule has 1 fully saturated rings. The molecular formula is C15H21N5O3S. The largest absolute Gasteiger partial charge is 0.348 e. The van der Waals surface area contributed by atoms with Crippen LogP contribution in [0.5, 0.6) is 0 Å². The minimum Gasteiger partial charge on any atom is -0.348 e. The molecule has 2 aromatic heterocycles. The van der Waals surface area contributed by atoms with Gasteiger partial charge in [-0.25, -0.2) is 22.2 Å². The number of amides is 1. The summed E-state index contributed by atoms with van der Waals surface area (Å²) >= 11 is 0. The lowest BCUT2D eigenvalue weighted by Gasteiger charge is -2.30. The van der Waals surface area contributed by atoms with Gasteiger partial charge in [0.2, 0.25) is 10.0 Å². The molecule has 1 aliphatic heterocycles. The first-order chi connectivity index (χ1) is 11.2. The molecule has 0 aromatic carbocycles. The summed E-state index contributed by atoms with van der Waals surface area (Å²) in [5.74, 6) is -0.239. The van der Waals surface area contributed by atoms with Gasteiger partial charge in [-0.3, -0.25) is 4.79 Å². The normalized spacial score (nSPS) is 17.3. The van der Waals surface area contributed by atoms with Crippen LogP contribution in [0.4, 0.5) is 0 Å². The molecule has 0 unspecified atom stereocenters. The number of nitrogens with one attached hydrogen (secondary N) is 1. The lowest BCUT2D eigenvalue weighted by Crippen LogP contribution is -2.46. The van der Waals surface area contributed by atoms with Crippen molar-refractivity contribution in [3.63, 3.8) is 0 Å². The molecule has 24 heavy (non-hydrogen) atoms. The lowest BCUT2D eigenvalue weighted by atomic mass is 10.1. The first-order valence-corrected chi connectivity index (χ1v) is 9.69. The van der Waals surface area contributed by atoms with Crippen LogP contribution in [0.15, 0.2) is 12.1 Å². The van der Waals surface area contributed by atoms with Crippen molar-refractivity contribution in [2.75, 3.05) is 19.3 Å². The second kappa shape index (κ2) is 6.14. The number of carbonyl (C=O) groups is 1. The molecule has 1 N–H and O–H groups in total. The summed E-state index contributed by atoms with van der Waals surface area (Å²) in [7, 11) is -3.16. The standard InChI is InChI=1S/C15H21N5O3S/c1-10-8-14-17-13(9-11(2)20(14)18-10)15(21)16-12-4-6-19(7-5-12)24(3,22)23/h8-9,12H,4-7H2,1-3H3,(H,16,21). The van der Waals surface area contributed by atoms with Gasteiger partial charge in [0.15, 0.2) is 5.65 Å². The third-order valence-corrected chi connectivity index (χ3v) is 5.52. The Morgan fingerprint density at radius 3 is 2.54 bits per heavy atom. The van der Waals surface area contributed by atoms with E-state index in [4.69, 9.17) is 0 Å². The molecule has 130 valence electrons. The maximum atomic E-state index is 12.5. The number of sulfonamides is 1. The highest BCUT2D eigenvalue weighted by Crippen LogP contribution is 2.14. The summed E-state index contributed by atoms with van der Waals surface area (Å²) in [5, 5.41) is 7.27. The predicted octanol–water partition coefficient (Wildman–Crippen LogP) is 0.500. The third kappa shape index (κ3) is 3.41. The minimum atomic E-state index is -3.16. The van der Waals surface area contributed by atoms with E-state index in [1.807, 2.05) is 19.9 Å². The highest BCUT2D eigenvalue weighted by atomic mass is 32.2. The van der Waals surface area contributed by atoms with Gasteiger partial charge < -0.3 is 5.32 Å². The maximum Gasteiger partial charge on any atom is 0.270 e. The van der Waals surface area contributed by atoms with Crippen LogP contribution in [0.2, 0.25) is 0 Å². The van der Waals surface area contributed by atoms with Gasteiger partial charge >= 0.3 is 0 Å². The Hall–Kier alpha value is -2.00. The van der Waals surface area contributed by atoms with Crippen LogP contribution in [-0.4, -0.2) is 58.6 Å². The smallest absolute Gasteiger partial charge is 0.270 e. The molecule has 0 spiro atoms. The van der Waals surface area contributed by atoms with Gasteiger partial charge in [-0.05, 0) is 32.8 Å². The number of carbonyl (C=O) groups excluding carboxylic acids is 1. The first-order valence-electron chi connectivity index (χ1n) is 7.84. The summed E-state index contributed by atoms with van der Waals surface area (Å²) in [4.78, 5) is 16.8. The monoisotopic (exact) mass is 351 g/mol. The van der Waals surface area contributed by atoms with Crippen molar-refractivity contribution in [3.8, 4) is 0 Å². The Balaban J connectivity index is 1.70. The number of aromatic nitrogens is 3. The average molecular weight is 351 g/mol. The zero-order valence-corrected chi connectivity index (χ0v) is 14.8. The van der Waals surface area contributed by atoms with Gasteiger partial charge in [0, 0.05) is 30.9 Å². The summed E-state index contributed by atoms with van der Waals surface area (Å²) in [6, 6.07) is 3.50. The molecule has 0 aliphatic carbocycles. The lowest BCUT2D eigenvalue weighted by molar-refractivity contribution is 0.0919. The second-order valence-electron chi connectivity index (χ2n) is 6.25. The molecule has 1 amide bonds. The third-order valence-electron chi connectivity index (χ3n) is 4.22. The van der Waals surface area contributed by atoms with E-state index in [1.54, 1.807) is 10.6 Å². The first kappa shape index (κ1) is 16.8. The molecule has 0 bridgehead atoms. The molecule has 0 atom stereocenters. The van der Waals surface area contributed by atoms with E-state index in [9.17, 15) is 13.2 Å². The highest BCUT2D eigenvalue weighted by Gasteiger charge is 2.26. The van der Waals surface area contributed by atoms with E-state index in [2.05, 4.69) is 15.4 Å². The van der Waals surface area contributed by atoms with Crippen molar-refractivity contribution in [2.45, 2.75) is 32.7 Å². The summed E-state index contributed by atoms with van der Waals surface area (Å²) < 4.78 is 26.2. The predicted molar refractivity (Wildman–Crippen MR) is 89.4 cm³/mol. The second-order valence-corrected chi connectivity index (χ2v) is 8.23. The number of piperidine rings is 1. The minimum absolute atomic E-state index is 0.0412. The molecule has 0 saturated carbocycles. The van der Waals surface area contributed by atoms with Crippen molar-refractivity contribution in [2.24, 2.45) is 0 Å². The topological polar surface area (TPSA) is 96.7 Å². The van der Waals surface area contributed by atoms with Gasteiger partial charge in [-0.15, -0.1) is 0 Å². The van der Waals surface area contributed by atoms with Gasteiger partial charge in [0.25, 0.3) is 5.91 Å². The highest BCUT2D eigenvalue weighted by molar-refractivity contribution is 7.88. The van der Waals surface area contributed by atoms with Crippen molar-refractivity contribution in [1.82, 2.24) is 24.2 Å². The molecule has 9 heteroatoms. The van der Waals surface area contributed by atoms with Crippen LogP contribution in [0.1, 0.15) is 34.7 Å². The van der Waals surface area contributed by atoms with E-state index in [1.165, 1.54) is 10.6 Å². The van der Waals surface area contributed by atoms with E-state index >= 15 is 0 Å². The fraction of sp³-hybridized carbons (Fsp3) is 0.533. The zero-order chi connectivity index (χ0) is 17.5. The van der Waals surface area contributed by atoms with E-state index in [-0.39, 0.29) is 11.9 Å². The summed E-state index contributed by atoms with van der Waals surface area (Å²) in [6.07, 6.45) is 2.42. The van der Waals surface area contributed by atoms with E-state index < -0.39 is 10.0 Å². The molecular weight excluding hydrogens is 330 g/mol. The molecule has 3 rings (SSSR count). The van der Waals surface area contributed by atoms with Gasteiger partial charge in [0.1, 0.15) is 5.69 Å². The molecule has 3 heterocycles. The number of rotatable bonds is 3. The number of hydrogen-bond donors (Lipinski definition) is 1. The fourth-order valence-corrected chi connectivity index (χ4v) is 3.82.